The molecule has 0 saturated carbocycles. The lowest BCUT2D eigenvalue weighted by Gasteiger charge is -2.21. The maximum atomic E-state index is 5.73. The van der Waals surface area contributed by atoms with Gasteiger partial charge in [0.2, 0.25) is 0 Å². The third kappa shape index (κ3) is 4.18. The second kappa shape index (κ2) is 5.74. The number of benzene rings is 1. The SMILES string of the molecule is Cc1ccc(C)c(SCCC(C)(C)CN)c1. The summed E-state index contributed by atoms with van der Waals surface area (Å²) in [4.78, 5) is 1.41. The van der Waals surface area contributed by atoms with Crippen molar-refractivity contribution in [3.05, 3.63) is 29.3 Å². The quantitative estimate of drug-likeness (QED) is 0.789. The third-order valence-electron chi connectivity index (χ3n) is 2.93. The van der Waals surface area contributed by atoms with Crippen molar-refractivity contribution in [2.45, 2.75) is 39.0 Å². The van der Waals surface area contributed by atoms with Crippen molar-refractivity contribution in [3.8, 4) is 0 Å². The lowest BCUT2D eigenvalue weighted by atomic mass is 9.91. The van der Waals surface area contributed by atoms with Crippen molar-refractivity contribution in [2.24, 2.45) is 11.1 Å². The molecule has 0 amide bonds. The maximum Gasteiger partial charge on any atom is 0.0104 e. The summed E-state index contributed by atoms with van der Waals surface area (Å²) in [5.41, 5.74) is 8.71. The van der Waals surface area contributed by atoms with E-state index in [0.29, 0.717) is 0 Å². The molecule has 0 aliphatic rings. The molecule has 0 aromatic heterocycles. The van der Waals surface area contributed by atoms with Gasteiger partial charge >= 0.3 is 0 Å². The summed E-state index contributed by atoms with van der Waals surface area (Å²) < 4.78 is 0. The Bertz CT molecular complexity index is 345. The van der Waals surface area contributed by atoms with Crippen LogP contribution in [-0.2, 0) is 0 Å². The van der Waals surface area contributed by atoms with Crippen LogP contribution in [0, 0.1) is 19.3 Å². The molecule has 1 rings (SSSR count). The van der Waals surface area contributed by atoms with Gasteiger partial charge in [-0.1, -0.05) is 31.5 Å². The summed E-state index contributed by atoms with van der Waals surface area (Å²) in [6.07, 6.45) is 1.17. The van der Waals surface area contributed by atoms with Crippen LogP contribution >= 0.6 is 11.8 Å². The Morgan fingerprint density at radius 2 is 1.94 bits per heavy atom. The third-order valence-corrected chi connectivity index (χ3v) is 4.09. The van der Waals surface area contributed by atoms with Crippen LogP contribution in [0.2, 0.25) is 0 Å². The zero-order valence-corrected chi connectivity index (χ0v) is 11.7. The van der Waals surface area contributed by atoms with E-state index in [1.54, 1.807) is 0 Å². The standard InChI is InChI=1S/C14H23NS/c1-11-5-6-12(2)13(9-11)16-8-7-14(3,4)10-15/h5-6,9H,7-8,10,15H2,1-4H3. The topological polar surface area (TPSA) is 26.0 Å². The molecule has 90 valence electrons. The van der Waals surface area contributed by atoms with Crippen LogP contribution in [0.4, 0.5) is 0 Å². The van der Waals surface area contributed by atoms with Gasteiger partial charge in [-0.25, -0.2) is 0 Å². The molecule has 1 nitrogen and oxygen atoms in total. The molecule has 0 saturated heterocycles. The molecule has 0 aliphatic heterocycles. The molecule has 0 heterocycles. The second-order valence-electron chi connectivity index (χ2n) is 5.24. The van der Waals surface area contributed by atoms with E-state index >= 15 is 0 Å². The Morgan fingerprint density at radius 1 is 1.25 bits per heavy atom. The first kappa shape index (κ1) is 13.6. The van der Waals surface area contributed by atoms with E-state index in [1.807, 2.05) is 11.8 Å². The van der Waals surface area contributed by atoms with Crippen LogP contribution < -0.4 is 5.73 Å². The van der Waals surface area contributed by atoms with Crippen LogP contribution in [0.15, 0.2) is 23.1 Å². The van der Waals surface area contributed by atoms with E-state index in [4.69, 9.17) is 5.73 Å². The predicted molar refractivity (Wildman–Crippen MR) is 74.1 cm³/mol. The molecule has 0 spiro atoms. The highest BCUT2D eigenvalue weighted by atomic mass is 32.2. The second-order valence-corrected chi connectivity index (χ2v) is 6.37. The summed E-state index contributed by atoms with van der Waals surface area (Å²) in [6.45, 7) is 9.55. The highest BCUT2D eigenvalue weighted by Gasteiger charge is 2.15. The van der Waals surface area contributed by atoms with E-state index in [2.05, 4.69) is 45.9 Å². The van der Waals surface area contributed by atoms with Gasteiger partial charge in [-0.2, -0.15) is 0 Å². The number of hydrogen-bond donors (Lipinski definition) is 1. The van der Waals surface area contributed by atoms with Crippen molar-refractivity contribution >= 4 is 11.8 Å². The molecule has 1 aromatic rings. The largest absolute Gasteiger partial charge is 0.330 e. The summed E-state index contributed by atoms with van der Waals surface area (Å²) in [7, 11) is 0. The van der Waals surface area contributed by atoms with E-state index in [-0.39, 0.29) is 5.41 Å². The Labute approximate surface area is 104 Å². The van der Waals surface area contributed by atoms with Gasteiger partial charge in [-0.15, -0.1) is 11.8 Å². The minimum atomic E-state index is 0.269. The molecule has 0 radical (unpaired) electrons. The molecule has 0 fully saturated rings. The van der Waals surface area contributed by atoms with Crippen LogP contribution in [0.5, 0.6) is 0 Å². The van der Waals surface area contributed by atoms with Gasteiger partial charge in [-0.3, -0.25) is 0 Å². The normalized spacial score (nSPS) is 11.8. The van der Waals surface area contributed by atoms with Crippen molar-refractivity contribution < 1.29 is 0 Å². The van der Waals surface area contributed by atoms with Gasteiger partial charge in [0, 0.05) is 4.90 Å². The van der Waals surface area contributed by atoms with Gasteiger partial charge in [0.05, 0.1) is 0 Å². The molecule has 0 atom stereocenters. The zero-order valence-electron chi connectivity index (χ0n) is 10.8. The summed E-state index contributed by atoms with van der Waals surface area (Å²) in [6, 6.07) is 6.64. The number of rotatable bonds is 5. The van der Waals surface area contributed by atoms with E-state index in [9.17, 15) is 0 Å². The molecular weight excluding hydrogens is 214 g/mol. The molecule has 2 heteroatoms. The first-order chi connectivity index (χ1) is 7.44. The van der Waals surface area contributed by atoms with Crippen LogP contribution in [0.25, 0.3) is 0 Å². The molecule has 0 bridgehead atoms. The minimum absolute atomic E-state index is 0.269. The molecular formula is C14H23NS. The zero-order chi connectivity index (χ0) is 12.2. The highest BCUT2D eigenvalue weighted by Crippen LogP contribution is 2.28. The average molecular weight is 237 g/mol. The van der Waals surface area contributed by atoms with E-state index < -0.39 is 0 Å². The number of nitrogens with two attached hydrogens (primary N) is 1. The maximum absolute atomic E-state index is 5.73. The fraction of sp³-hybridized carbons (Fsp3) is 0.571. The fourth-order valence-corrected chi connectivity index (χ4v) is 2.84. The van der Waals surface area contributed by atoms with Gasteiger partial charge in [0.25, 0.3) is 0 Å². The van der Waals surface area contributed by atoms with Crippen LogP contribution in [0.1, 0.15) is 31.4 Å². The Kier molecular flexibility index (Phi) is 4.88. The predicted octanol–water partition coefficient (Wildman–Crippen LogP) is 3.77. The minimum Gasteiger partial charge on any atom is -0.330 e. The molecule has 16 heavy (non-hydrogen) atoms. The van der Waals surface area contributed by atoms with Gasteiger partial charge < -0.3 is 5.73 Å². The van der Waals surface area contributed by atoms with E-state index in [1.165, 1.54) is 22.4 Å². The smallest absolute Gasteiger partial charge is 0.0104 e. The monoisotopic (exact) mass is 237 g/mol. The average Bonchev–Trinajstić information content (AvgIpc) is 2.23. The Hall–Kier alpha value is -0.470. The van der Waals surface area contributed by atoms with Crippen molar-refractivity contribution in [1.82, 2.24) is 0 Å². The molecule has 0 aliphatic carbocycles. The van der Waals surface area contributed by atoms with Gasteiger partial charge in [-0.05, 0) is 49.6 Å². The van der Waals surface area contributed by atoms with Gasteiger partial charge in [0.15, 0.2) is 0 Å². The van der Waals surface area contributed by atoms with Crippen LogP contribution in [0.3, 0.4) is 0 Å². The molecule has 1 aromatic carbocycles. The molecule has 2 N–H and O–H groups in total. The van der Waals surface area contributed by atoms with Crippen molar-refractivity contribution in [3.63, 3.8) is 0 Å². The first-order valence-electron chi connectivity index (χ1n) is 5.85. The summed E-state index contributed by atoms with van der Waals surface area (Å²) in [5.74, 6) is 1.15. The highest BCUT2D eigenvalue weighted by molar-refractivity contribution is 7.99. The fourth-order valence-electron chi connectivity index (χ4n) is 1.40. The summed E-state index contributed by atoms with van der Waals surface area (Å²) >= 11 is 1.95. The van der Waals surface area contributed by atoms with E-state index in [0.717, 1.165) is 12.3 Å². The lowest BCUT2D eigenvalue weighted by Crippen LogP contribution is -2.24. The van der Waals surface area contributed by atoms with Crippen molar-refractivity contribution in [1.29, 1.82) is 0 Å². The lowest BCUT2D eigenvalue weighted by molar-refractivity contribution is 0.368. The Morgan fingerprint density at radius 3 is 2.56 bits per heavy atom. The van der Waals surface area contributed by atoms with Crippen molar-refractivity contribution in [2.75, 3.05) is 12.3 Å². The first-order valence-corrected chi connectivity index (χ1v) is 6.83. The number of hydrogen-bond acceptors (Lipinski definition) is 2. The number of thioether (sulfide) groups is 1. The van der Waals surface area contributed by atoms with Crippen LogP contribution in [-0.4, -0.2) is 12.3 Å². The molecule has 0 unspecified atom stereocenters. The number of aryl methyl sites for hydroxylation is 2. The summed E-state index contributed by atoms with van der Waals surface area (Å²) in [5, 5.41) is 0. The Balaban J connectivity index is 2.52. The van der Waals surface area contributed by atoms with Gasteiger partial charge in [0.1, 0.15) is 0 Å².